The average molecular weight is 313 g/mol. The minimum atomic E-state index is -0.466. The highest BCUT2D eigenvalue weighted by Gasteiger charge is 2.13. The third kappa shape index (κ3) is 3.60. The summed E-state index contributed by atoms with van der Waals surface area (Å²) >= 11 is 0. The van der Waals surface area contributed by atoms with Gasteiger partial charge in [-0.2, -0.15) is 0 Å². The number of hydrogen-bond acceptors (Lipinski definition) is 6. The highest BCUT2D eigenvalue weighted by Crippen LogP contribution is 2.31. The van der Waals surface area contributed by atoms with Crippen molar-refractivity contribution in [3.05, 3.63) is 53.6 Å². The van der Waals surface area contributed by atoms with E-state index in [1.165, 1.54) is 6.21 Å². The minimum Gasteiger partial charge on any atom is -0.496 e. The van der Waals surface area contributed by atoms with Crippen LogP contribution in [-0.2, 0) is 16.1 Å². The summed E-state index contributed by atoms with van der Waals surface area (Å²) in [5, 5.41) is 3.71. The molecule has 6 nitrogen and oxygen atoms in total. The fourth-order valence-corrected chi connectivity index (χ4v) is 2.18. The molecule has 0 unspecified atom stereocenters. The minimum absolute atomic E-state index is 0.0858. The molecule has 0 amide bonds. The zero-order valence-corrected chi connectivity index (χ0v) is 12.5. The van der Waals surface area contributed by atoms with E-state index in [0.29, 0.717) is 17.2 Å². The monoisotopic (exact) mass is 313 g/mol. The summed E-state index contributed by atoms with van der Waals surface area (Å²) in [6.45, 7) is 0.212. The topological polar surface area (TPSA) is 66.4 Å². The van der Waals surface area contributed by atoms with E-state index in [9.17, 15) is 4.79 Å². The molecular weight excluding hydrogens is 298 g/mol. The summed E-state index contributed by atoms with van der Waals surface area (Å²) < 4.78 is 15.7. The van der Waals surface area contributed by atoms with E-state index in [1.54, 1.807) is 31.4 Å². The van der Waals surface area contributed by atoms with Crippen LogP contribution < -0.4 is 14.2 Å². The van der Waals surface area contributed by atoms with Crippen LogP contribution in [0.15, 0.2) is 47.6 Å². The molecule has 0 bridgehead atoms. The van der Waals surface area contributed by atoms with E-state index < -0.39 is 5.97 Å². The zero-order chi connectivity index (χ0) is 16.1. The molecule has 23 heavy (non-hydrogen) atoms. The highest BCUT2D eigenvalue weighted by atomic mass is 16.7. The van der Waals surface area contributed by atoms with Gasteiger partial charge in [0.2, 0.25) is 6.79 Å². The van der Waals surface area contributed by atoms with Crippen molar-refractivity contribution < 1.29 is 23.8 Å². The number of methoxy groups -OCH3 is 1. The van der Waals surface area contributed by atoms with Crippen LogP contribution in [0.2, 0.25) is 0 Å². The van der Waals surface area contributed by atoms with Gasteiger partial charge in [0.15, 0.2) is 11.5 Å². The second-order valence-corrected chi connectivity index (χ2v) is 4.80. The lowest BCUT2D eigenvalue weighted by Crippen LogP contribution is -2.05. The van der Waals surface area contributed by atoms with E-state index in [2.05, 4.69) is 5.16 Å². The van der Waals surface area contributed by atoms with Gasteiger partial charge in [-0.15, -0.1) is 0 Å². The summed E-state index contributed by atoms with van der Waals surface area (Å²) in [5.74, 6) is 1.51. The molecule has 6 heteroatoms. The molecule has 2 aromatic carbocycles. The van der Waals surface area contributed by atoms with Crippen LogP contribution >= 0.6 is 0 Å². The van der Waals surface area contributed by atoms with E-state index in [0.717, 1.165) is 11.1 Å². The Morgan fingerprint density at radius 1 is 1.22 bits per heavy atom. The van der Waals surface area contributed by atoms with Crippen molar-refractivity contribution in [2.75, 3.05) is 13.9 Å². The Bertz CT molecular complexity index is 742. The van der Waals surface area contributed by atoms with E-state index in [1.807, 2.05) is 18.2 Å². The second kappa shape index (κ2) is 6.83. The normalized spacial score (nSPS) is 12.4. The Balaban J connectivity index is 1.58. The van der Waals surface area contributed by atoms with E-state index in [4.69, 9.17) is 19.0 Å². The first-order valence-corrected chi connectivity index (χ1v) is 7.01. The standard InChI is InChI=1S/C17H15NO5/c1-20-14-5-3-2-4-13(14)9-17(19)23-18-10-12-6-7-15-16(8-12)22-11-21-15/h2-8,10H,9,11H2,1H3. The van der Waals surface area contributed by atoms with Crippen LogP contribution in [0.25, 0.3) is 0 Å². The van der Waals surface area contributed by atoms with Crippen molar-refractivity contribution in [1.82, 2.24) is 0 Å². The number of ether oxygens (including phenoxy) is 3. The number of oxime groups is 1. The Morgan fingerprint density at radius 3 is 2.91 bits per heavy atom. The number of nitrogens with zero attached hydrogens (tertiary/aromatic N) is 1. The molecule has 2 aromatic rings. The van der Waals surface area contributed by atoms with Crippen LogP contribution in [0.4, 0.5) is 0 Å². The van der Waals surface area contributed by atoms with Crippen LogP contribution in [0, 0.1) is 0 Å². The molecule has 0 atom stereocenters. The van der Waals surface area contributed by atoms with Crippen LogP contribution in [0.3, 0.4) is 0 Å². The second-order valence-electron chi connectivity index (χ2n) is 4.80. The number of carbonyl (C=O) groups is 1. The van der Waals surface area contributed by atoms with Gasteiger partial charge < -0.3 is 19.0 Å². The van der Waals surface area contributed by atoms with Gasteiger partial charge in [0.1, 0.15) is 5.75 Å². The Hall–Kier alpha value is -3.02. The molecule has 118 valence electrons. The van der Waals surface area contributed by atoms with Crippen molar-refractivity contribution in [3.8, 4) is 17.2 Å². The molecular formula is C17H15NO5. The number of benzene rings is 2. The lowest BCUT2D eigenvalue weighted by atomic mass is 10.1. The SMILES string of the molecule is COc1ccccc1CC(=O)ON=Cc1ccc2c(c1)OCO2. The Labute approximate surface area is 133 Å². The quantitative estimate of drug-likeness (QED) is 0.482. The molecule has 1 heterocycles. The predicted octanol–water partition coefficient (Wildman–Crippen LogP) is 2.54. The lowest BCUT2D eigenvalue weighted by Gasteiger charge is -2.05. The fraction of sp³-hybridized carbons (Fsp3) is 0.176. The molecule has 0 spiro atoms. The number of para-hydroxylation sites is 1. The van der Waals surface area contributed by atoms with Gasteiger partial charge in [0.05, 0.1) is 19.7 Å². The van der Waals surface area contributed by atoms with Gasteiger partial charge in [-0.3, -0.25) is 0 Å². The van der Waals surface area contributed by atoms with Crippen LogP contribution in [-0.4, -0.2) is 26.1 Å². The predicted molar refractivity (Wildman–Crippen MR) is 82.9 cm³/mol. The first-order valence-electron chi connectivity index (χ1n) is 7.01. The first-order chi connectivity index (χ1) is 11.3. The molecule has 0 N–H and O–H groups in total. The Kier molecular flexibility index (Phi) is 4.42. The van der Waals surface area contributed by atoms with Crippen molar-refractivity contribution in [2.24, 2.45) is 5.16 Å². The smallest absolute Gasteiger partial charge is 0.339 e. The maximum absolute atomic E-state index is 11.8. The number of fused-ring (bicyclic) bond motifs is 1. The van der Waals surface area contributed by atoms with Crippen molar-refractivity contribution >= 4 is 12.2 Å². The van der Waals surface area contributed by atoms with E-state index >= 15 is 0 Å². The zero-order valence-electron chi connectivity index (χ0n) is 12.5. The summed E-state index contributed by atoms with van der Waals surface area (Å²) in [6, 6.07) is 12.6. The lowest BCUT2D eigenvalue weighted by molar-refractivity contribution is -0.142. The molecule has 1 aliphatic heterocycles. The number of carbonyl (C=O) groups excluding carboxylic acids is 1. The summed E-state index contributed by atoms with van der Waals surface area (Å²) in [4.78, 5) is 16.7. The maximum atomic E-state index is 11.8. The van der Waals surface area contributed by atoms with Gasteiger partial charge in [0.25, 0.3) is 0 Å². The van der Waals surface area contributed by atoms with Gasteiger partial charge in [0, 0.05) is 11.1 Å². The highest BCUT2D eigenvalue weighted by molar-refractivity contribution is 5.81. The van der Waals surface area contributed by atoms with Gasteiger partial charge in [-0.25, -0.2) is 4.79 Å². The first kappa shape index (κ1) is 14.9. The summed E-state index contributed by atoms with van der Waals surface area (Å²) in [5.41, 5.74) is 1.50. The van der Waals surface area contributed by atoms with E-state index in [-0.39, 0.29) is 13.2 Å². The molecule has 1 aliphatic rings. The Morgan fingerprint density at radius 2 is 2.04 bits per heavy atom. The number of hydrogen-bond donors (Lipinski definition) is 0. The molecule has 0 saturated carbocycles. The van der Waals surface area contributed by atoms with Gasteiger partial charge in [-0.05, 0) is 24.3 Å². The summed E-state index contributed by atoms with van der Waals surface area (Å²) in [7, 11) is 1.56. The molecule has 0 fully saturated rings. The largest absolute Gasteiger partial charge is 0.496 e. The van der Waals surface area contributed by atoms with Crippen LogP contribution in [0.5, 0.6) is 17.2 Å². The van der Waals surface area contributed by atoms with Gasteiger partial charge in [-0.1, -0.05) is 23.4 Å². The summed E-state index contributed by atoms with van der Waals surface area (Å²) in [6.07, 6.45) is 1.53. The van der Waals surface area contributed by atoms with Crippen molar-refractivity contribution in [2.45, 2.75) is 6.42 Å². The molecule has 3 rings (SSSR count). The number of rotatable bonds is 5. The molecule has 0 aliphatic carbocycles. The third-order valence-corrected chi connectivity index (χ3v) is 3.28. The molecule has 0 aromatic heterocycles. The average Bonchev–Trinajstić information content (AvgIpc) is 3.03. The van der Waals surface area contributed by atoms with Crippen LogP contribution in [0.1, 0.15) is 11.1 Å². The maximum Gasteiger partial charge on any atom is 0.339 e. The molecule has 0 radical (unpaired) electrons. The van der Waals surface area contributed by atoms with Gasteiger partial charge >= 0.3 is 5.97 Å². The fourth-order valence-electron chi connectivity index (χ4n) is 2.18. The van der Waals surface area contributed by atoms with Crippen molar-refractivity contribution in [1.29, 1.82) is 0 Å². The molecule has 0 saturated heterocycles. The van der Waals surface area contributed by atoms with Crippen molar-refractivity contribution in [3.63, 3.8) is 0 Å². The third-order valence-electron chi connectivity index (χ3n) is 3.28.